The molecule has 0 radical (unpaired) electrons. The largest absolute Gasteiger partial charge is 0.507 e. The van der Waals surface area contributed by atoms with Gasteiger partial charge in [-0.15, -0.1) is 0 Å². The van der Waals surface area contributed by atoms with Crippen LogP contribution in [-0.4, -0.2) is 45.2 Å². The summed E-state index contributed by atoms with van der Waals surface area (Å²) in [5, 5.41) is 18.1. The monoisotopic (exact) mass is 617 g/mol. The first kappa shape index (κ1) is 29.9. The highest BCUT2D eigenvalue weighted by atomic mass is 19.4. The molecule has 1 saturated heterocycles. The van der Waals surface area contributed by atoms with Crippen molar-refractivity contribution in [3.8, 4) is 28.0 Å². The maximum Gasteiger partial charge on any atom is 0.416 e. The quantitative estimate of drug-likeness (QED) is 0.135. The molecule has 1 fully saturated rings. The number of anilines is 2. The van der Waals surface area contributed by atoms with E-state index in [0.717, 1.165) is 25.0 Å². The number of benzene rings is 3. The van der Waals surface area contributed by atoms with Gasteiger partial charge in [-0.05, 0) is 79.4 Å². The molecule has 1 aliphatic rings. The number of halogens is 4. The third kappa shape index (κ3) is 6.41. The van der Waals surface area contributed by atoms with Crippen LogP contribution in [0.5, 0.6) is 5.75 Å². The molecule has 1 aliphatic heterocycles. The standard InChI is InChI=1S/C33H27F4N5O3/c1-18-5-6-19(31(44)40-24-4-2-3-22(15-24)33(35,36)37)13-25(18)26-14-21-17-39-32(41-23-9-11-45-12-10-23)42-29(21)28(30(26)43)20-7-8-27(34)38-16-20/h2-8,13-17,23,43H,9-12H2,1H3,(H,40,44)(H,39,41,42). The molecule has 3 heterocycles. The molecular weight excluding hydrogens is 590 g/mol. The van der Waals surface area contributed by atoms with E-state index < -0.39 is 23.6 Å². The second-order valence-corrected chi connectivity index (χ2v) is 10.7. The Balaban J connectivity index is 1.42. The van der Waals surface area contributed by atoms with Gasteiger partial charge in [0.2, 0.25) is 11.9 Å². The van der Waals surface area contributed by atoms with Crippen LogP contribution in [0.4, 0.5) is 29.2 Å². The molecule has 3 aromatic carbocycles. The molecule has 0 atom stereocenters. The Labute approximate surface area is 255 Å². The highest BCUT2D eigenvalue weighted by Gasteiger charge is 2.30. The molecule has 0 bridgehead atoms. The minimum atomic E-state index is -4.56. The van der Waals surface area contributed by atoms with Gasteiger partial charge in [0.15, 0.2) is 0 Å². The summed E-state index contributed by atoms with van der Waals surface area (Å²) in [4.78, 5) is 26.1. The Morgan fingerprint density at radius 2 is 1.78 bits per heavy atom. The van der Waals surface area contributed by atoms with Gasteiger partial charge in [0.25, 0.3) is 5.91 Å². The number of carbonyl (C=O) groups is 1. The van der Waals surface area contributed by atoms with E-state index in [9.17, 15) is 27.5 Å². The van der Waals surface area contributed by atoms with Gasteiger partial charge in [-0.2, -0.15) is 17.6 Å². The fraction of sp³-hybridized carbons (Fsp3) is 0.212. The van der Waals surface area contributed by atoms with Crippen LogP contribution < -0.4 is 10.6 Å². The molecule has 3 N–H and O–H groups in total. The predicted octanol–water partition coefficient (Wildman–Crippen LogP) is 7.37. The van der Waals surface area contributed by atoms with Crippen LogP contribution in [-0.2, 0) is 10.9 Å². The van der Waals surface area contributed by atoms with Gasteiger partial charge in [-0.1, -0.05) is 12.1 Å². The number of carbonyl (C=O) groups excluding carboxylic acids is 1. The molecule has 1 amide bonds. The van der Waals surface area contributed by atoms with E-state index in [1.54, 1.807) is 37.4 Å². The van der Waals surface area contributed by atoms with Gasteiger partial charge in [0.1, 0.15) is 5.75 Å². The lowest BCUT2D eigenvalue weighted by atomic mass is 9.92. The molecule has 45 heavy (non-hydrogen) atoms. The smallest absolute Gasteiger partial charge is 0.416 e. The highest BCUT2D eigenvalue weighted by Crippen LogP contribution is 2.44. The molecule has 0 aliphatic carbocycles. The number of hydrogen-bond acceptors (Lipinski definition) is 7. The van der Waals surface area contributed by atoms with Crippen LogP contribution in [0, 0.1) is 12.9 Å². The van der Waals surface area contributed by atoms with E-state index in [1.165, 1.54) is 30.5 Å². The van der Waals surface area contributed by atoms with E-state index >= 15 is 0 Å². The summed E-state index contributed by atoms with van der Waals surface area (Å²) in [5.41, 5.74) is 1.92. The normalized spacial score (nSPS) is 14.0. The number of pyridine rings is 1. The first-order chi connectivity index (χ1) is 21.6. The number of ether oxygens (including phenoxy) is 1. The molecule has 0 saturated carbocycles. The molecule has 2 aromatic heterocycles. The lowest BCUT2D eigenvalue weighted by Gasteiger charge is -2.23. The van der Waals surface area contributed by atoms with Crippen molar-refractivity contribution in [2.24, 2.45) is 0 Å². The molecule has 0 unspecified atom stereocenters. The molecule has 8 nitrogen and oxygen atoms in total. The topological polar surface area (TPSA) is 109 Å². The number of aryl methyl sites for hydroxylation is 1. The summed E-state index contributed by atoms with van der Waals surface area (Å²) in [6.07, 6.45) is -0.0664. The third-order valence-corrected chi connectivity index (χ3v) is 7.65. The number of nitrogens with one attached hydrogen (secondary N) is 2. The Morgan fingerprint density at radius 3 is 2.51 bits per heavy atom. The van der Waals surface area contributed by atoms with Crippen molar-refractivity contribution in [3.05, 3.63) is 95.7 Å². The number of hydrogen-bond donors (Lipinski definition) is 3. The molecular formula is C33H27F4N5O3. The fourth-order valence-electron chi connectivity index (χ4n) is 5.29. The van der Waals surface area contributed by atoms with Crippen molar-refractivity contribution in [3.63, 3.8) is 0 Å². The summed E-state index contributed by atoms with van der Waals surface area (Å²) in [7, 11) is 0. The minimum absolute atomic E-state index is 0.0149. The van der Waals surface area contributed by atoms with Crippen LogP contribution in [0.25, 0.3) is 33.2 Å². The number of alkyl halides is 3. The predicted molar refractivity (Wildman–Crippen MR) is 161 cm³/mol. The number of nitrogens with zero attached hydrogens (tertiary/aromatic N) is 3. The summed E-state index contributed by atoms with van der Waals surface area (Å²) in [6, 6.07) is 13.6. The van der Waals surface area contributed by atoms with Crippen molar-refractivity contribution < 1.29 is 32.2 Å². The number of fused-ring (bicyclic) bond motifs is 1. The van der Waals surface area contributed by atoms with Gasteiger partial charge in [0.05, 0.1) is 16.6 Å². The maximum atomic E-state index is 13.8. The van der Waals surface area contributed by atoms with Crippen molar-refractivity contribution in [2.45, 2.75) is 32.0 Å². The van der Waals surface area contributed by atoms with E-state index in [0.29, 0.717) is 57.9 Å². The van der Waals surface area contributed by atoms with Crippen LogP contribution in [0.1, 0.15) is 34.3 Å². The zero-order chi connectivity index (χ0) is 31.7. The Hall–Kier alpha value is -5.10. The highest BCUT2D eigenvalue weighted by molar-refractivity contribution is 6.06. The minimum Gasteiger partial charge on any atom is -0.507 e. The third-order valence-electron chi connectivity index (χ3n) is 7.65. The average Bonchev–Trinajstić information content (AvgIpc) is 3.02. The first-order valence-corrected chi connectivity index (χ1v) is 14.2. The maximum absolute atomic E-state index is 13.8. The Morgan fingerprint density at radius 1 is 0.978 bits per heavy atom. The summed E-state index contributed by atoms with van der Waals surface area (Å²) >= 11 is 0. The first-order valence-electron chi connectivity index (χ1n) is 14.2. The molecule has 6 rings (SSSR count). The van der Waals surface area contributed by atoms with Gasteiger partial charge < -0.3 is 20.5 Å². The lowest BCUT2D eigenvalue weighted by molar-refractivity contribution is -0.137. The second kappa shape index (κ2) is 12.1. The number of aromatic hydroxyl groups is 1. The van der Waals surface area contributed by atoms with Crippen molar-refractivity contribution in [1.29, 1.82) is 0 Å². The van der Waals surface area contributed by atoms with Gasteiger partial charge >= 0.3 is 6.18 Å². The number of aromatic nitrogens is 3. The number of phenols is 1. The molecule has 5 aromatic rings. The summed E-state index contributed by atoms with van der Waals surface area (Å²) in [5.74, 6) is -1.14. The Kier molecular flexibility index (Phi) is 8.07. The van der Waals surface area contributed by atoms with E-state index in [-0.39, 0.29) is 23.0 Å². The van der Waals surface area contributed by atoms with Crippen LogP contribution in [0.15, 0.2) is 73.1 Å². The zero-order valence-corrected chi connectivity index (χ0v) is 24.0. The van der Waals surface area contributed by atoms with Crippen LogP contribution in [0.2, 0.25) is 0 Å². The zero-order valence-electron chi connectivity index (χ0n) is 24.0. The van der Waals surface area contributed by atoms with Gasteiger partial charge in [-0.3, -0.25) is 4.79 Å². The van der Waals surface area contributed by atoms with Crippen LogP contribution in [0.3, 0.4) is 0 Å². The van der Waals surface area contributed by atoms with Crippen molar-refractivity contribution in [1.82, 2.24) is 15.0 Å². The molecule has 230 valence electrons. The SMILES string of the molecule is Cc1ccc(C(=O)Nc2cccc(C(F)(F)F)c2)cc1-c1cc2cnc(NC3CCOCC3)nc2c(-c2ccc(F)nc2)c1O. The average molecular weight is 618 g/mol. The summed E-state index contributed by atoms with van der Waals surface area (Å²) in [6.45, 7) is 3.04. The fourth-order valence-corrected chi connectivity index (χ4v) is 5.29. The summed E-state index contributed by atoms with van der Waals surface area (Å²) < 4.78 is 58.8. The van der Waals surface area contributed by atoms with Gasteiger partial charge in [-0.25, -0.2) is 15.0 Å². The van der Waals surface area contributed by atoms with Crippen LogP contribution >= 0.6 is 0 Å². The van der Waals surface area contributed by atoms with E-state index in [4.69, 9.17) is 9.72 Å². The number of phenolic OH excluding ortho intramolecular Hbond substituents is 1. The second-order valence-electron chi connectivity index (χ2n) is 10.7. The Bertz CT molecular complexity index is 1890. The van der Waals surface area contributed by atoms with Crippen molar-refractivity contribution in [2.75, 3.05) is 23.8 Å². The molecule has 0 spiro atoms. The van der Waals surface area contributed by atoms with Gasteiger partial charge in [0, 0.05) is 59.4 Å². The molecule has 12 heteroatoms. The number of amides is 1. The van der Waals surface area contributed by atoms with E-state index in [2.05, 4.69) is 20.6 Å². The number of rotatable bonds is 6. The lowest BCUT2D eigenvalue weighted by Crippen LogP contribution is -2.28. The van der Waals surface area contributed by atoms with E-state index in [1.807, 2.05) is 0 Å². The van der Waals surface area contributed by atoms with Crippen molar-refractivity contribution >= 4 is 28.4 Å².